The number of carbonyl (C=O) groups excluding carboxylic acids is 1. The standard InChI is InChI=1S/C34H66N6O15/c35-1-11-48-13-15-50-17-19-52-21-23-54-25-26-55-24-22-53-20-18-51-16-14-49-12-2-36-31(41)27-37-3-5-38(28-32(42)43)7-9-40(30-34(46)47)10-8-39(6-4-37)29-33(44)45/h1-30,35H2,(H,36,41)(H,42,43)(H,44,45)(H,46,47). The van der Waals surface area contributed by atoms with Crippen molar-refractivity contribution in [2.45, 2.75) is 0 Å². The highest BCUT2D eigenvalue weighted by atomic mass is 16.6. The Morgan fingerprint density at radius 3 is 0.891 bits per heavy atom. The average molecular weight is 799 g/mol. The molecule has 0 atom stereocenters. The van der Waals surface area contributed by atoms with Crippen molar-refractivity contribution < 1.29 is 72.4 Å². The largest absolute Gasteiger partial charge is 0.480 e. The van der Waals surface area contributed by atoms with Gasteiger partial charge in [0.1, 0.15) is 0 Å². The predicted octanol–water partition coefficient (Wildman–Crippen LogP) is -3.33. The van der Waals surface area contributed by atoms with Crippen LogP contribution in [0.5, 0.6) is 0 Å². The van der Waals surface area contributed by atoms with E-state index in [9.17, 15) is 34.5 Å². The van der Waals surface area contributed by atoms with Gasteiger partial charge in [-0.05, 0) is 0 Å². The van der Waals surface area contributed by atoms with E-state index in [1.807, 2.05) is 4.90 Å². The number of ether oxygens (including phenoxy) is 8. The topological polar surface area (TPSA) is 254 Å². The van der Waals surface area contributed by atoms with Gasteiger partial charge >= 0.3 is 17.9 Å². The van der Waals surface area contributed by atoms with E-state index in [1.54, 1.807) is 14.7 Å². The van der Waals surface area contributed by atoms with Crippen molar-refractivity contribution in [2.75, 3.05) is 197 Å². The van der Waals surface area contributed by atoms with Crippen LogP contribution in [-0.4, -0.2) is 256 Å². The van der Waals surface area contributed by atoms with Crippen LogP contribution in [0.1, 0.15) is 0 Å². The molecule has 0 unspecified atom stereocenters. The summed E-state index contributed by atoms with van der Waals surface area (Å²) >= 11 is 0. The first-order valence-corrected chi connectivity index (χ1v) is 18.8. The summed E-state index contributed by atoms with van der Waals surface area (Å²) in [5, 5.41) is 30.9. The molecule has 0 aromatic heterocycles. The van der Waals surface area contributed by atoms with Crippen LogP contribution < -0.4 is 11.1 Å². The number of nitrogens with two attached hydrogens (primary N) is 1. The van der Waals surface area contributed by atoms with Crippen molar-refractivity contribution in [3.63, 3.8) is 0 Å². The monoisotopic (exact) mass is 798 g/mol. The zero-order valence-electron chi connectivity index (χ0n) is 32.3. The normalized spacial score (nSPS) is 15.7. The summed E-state index contributed by atoms with van der Waals surface area (Å²) in [4.78, 5) is 53.9. The Kier molecular flexibility index (Phi) is 32.7. The summed E-state index contributed by atoms with van der Waals surface area (Å²) in [6.07, 6.45) is 0. The van der Waals surface area contributed by atoms with Crippen molar-refractivity contribution in [1.29, 1.82) is 0 Å². The van der Waals surface area contributed by atoms with Gasteiger partial charge in [0.25, 0.3) is 0 Å². The van der Waals surface area contributed by atoms with E-state index in [4.69, 9.17) is 43.6 Å². The Balaban J connectivity index is 2.11. The van der Waals surface area contributed by atoms with E-state index in [2.05, 4.69) is 5.32 Å². The maximum Gasteiger partial charge on any atom is 0.317 e. The van der Waals surface area contributed by atoms with Crippen LogP contribution in [0.15, 0.2) is 0 Å². The van der Waals surface area contributed by atoms with Crippen molar-refractivity contribution in [2.24, 2.45) is 5.73 Å². The number of carboxylic acid groups (broad SMARTS) is 3. The molecule has 1 aliphatic heterocycles. The van der Waals surface area contributed by atoms with E-state index in [0.29, 0.717) is 158 Å². The lowest BCUT2D eigenvalue weighted by Crippen LogP contribution is -2.50. The van der Waals surface area contributed by atoms with Crippen LogP contribution >= 0.6 is 0 Å². The summed E-state index contributed by atoms with van der Waals surface area (Å²) in [6.45, 7) is 9.90. The fourth-order valence-electron chi connectivity index (χ4n) is 5.03. The molecule has 1 saturated heterocycles. The summed E-state index contributed by atoms with van der Waals surface area (Å²) in [5.74, 6) is -3.28. The zero-order valence-corrected chi connectivity index (χ0v) is 32.3. The highest BCUT2D eigenvalue weighted by Gasteiger charge is 2.21. The number of hydrogen-bond acceptors (Lipinski definition) is 17. The second kappa shape index (κ2) is 35.8. The third-order valence-electron chi connectivity index (χ3n) is 7.81. The first-order chi connectivity index (χ1) is 26.7. The van der Waals surface area contributed by atoms with Crippen molar-refractivity contribution in [3.8, 4) is 0 Å². The molecule has 0 aromatic carbocycles. The van der Waals surface area contributed by atoms with Gasteiger partial charge in [-0.25, -0.2) is 0 Å². The quantitative estimate of drug-likeness (QED) is 0.0399. The molecular formula is C34H66N6O15. The van der Waals surface area contributed by atoms with Gasteiger partial charge in [-0.15, -0.1) is 0 Å². The van der Waals surface area contributed by atoms with Crippen molar-refractivity contribution in [1.82, 2.24) is 24.9 Å². The number of nitrogens with zero attached hydrogens (tertiary/aromatic N) is 4. The smallest absolute Gasteiger partial charge is 0.317 e. The molecule has 6 N–H and O–H groups in total. The van der Waals surface area contributed by atoms with E-state index < -0.39 is 17.9 Å². The number of aliphatic carboxylic acids is 3. The molecule has 1 amide bonds. The first kappa shape index (κ1) is 50.4. The lowest BCUT2D eigenvalue weighted by Gasteiger charge is -2.32. The maximum atomic E-state index is 12.7. The van der Waals surface area contributed by atoms with Gasteiger partial charge in [-0.1, -0.05) is 0 Å². The van der Waals surface area contributed by atoms with Gasteiger partial charge < -0.3 is 64.3 Å². The molecule has 21 heteroatoms. The number of carbonyl (C=O) groups is 4. The van der Waals surface area contributed by atoms with Gasteiger partial charge in [0.15, 0.2) is 0 Å². The van der Waals surface area contributed by atoms with Crippen LogP contribution in [-0.2, 0) is 57.1 Å². The highest BCUT2D eigenvalue weighted by Crippen LogP contribution is 2.02. The summed E-state index contributed by atoms with van der Waals surface area (Å²) < 4.78 is 43.4. The number of rotatable bonds is 34. The Labute approximate surface area is 324 Å². The molecule has 1 rings (SSSR count). The fourth-order valence-corrected chi connectivity index (χ4v) is 5.03. The van der Waals surface area contributed by atoms with Crippen molar-refractivity contribution >= 4 is 23.8 Å². The Morgan fingerprint density at radius 2 is 0.636 bits per heavy atom. The molecule has 1 heterocycles. The van der Waals surface area contributed by atoms with E-state index in [1.165, 1.54) is 0 Å². The summed E-state index contributed by atoms with van der Waals surface area (Å²) in [5.41, 5.74) is 5.33. The molecule has 0 radical (unpaired) electrons. The molecule has 1 fully saturated rings. The maximum absolute atomic E-state index is 12.7. The van der Waals surface area contributed by atoms with Crippen LogP contribution in [0, 0.1) is 0 Å². The third kappa shape index (κ3) is 33.2. The SMILES string of the molecule is NCCOCCOCCOCCOCCOCCOCCOCCOCCNC(=O)CN1CCN(CC(=O)O)CCN(CC(=O)O)CCN(CC(=O)O)CC1. The number of nitrogens with one attached hydrogen (secondary N) is 1. The second-order valence-electron chi connectivity index (χ2n) is 12.3. The van der Waals surface area contributed by atoms with Gasteiger partial charge in [0.05, 0.1) is 132 Å². The van der Waals surface area contributed by atoms with Crippen molar-refractivity contribution in [3.05, 3.63) is 0 Å². The van der Waals surface area contributed by atoms with E-state index >= 15 is 0 Å². The number of amides is 1. The van der Waals surface area contributed by atoms with Gasteiger partial charge in [0, 0.05) is 65.4 Å². The molecule has 322 valence electrons. The molecular weight excluding hydrogens is 732 g/mol. The molecule has 55 heavy (non-hydrogen) atoms. The lowest BCUT2D eigenvalue weighted by molar-refractivity contribution is -0.140. The summed E-state index contributed by atoms with van der Waals surface area (Å²) in [6, 6.07) is 0. The van der Waals surface area contributed by atoms with E-state index in [0.717, 1.165) is 0 Å². The number of hydrogen-bond donors (Lipinski definition) is 5. The van der Waals surface area contributed by atoms with Crippen LogP contribution in [0.2, 0.25) is 0 Å². The Hall–Kier alpha value is -2.64. The van der Waals surface area contributed by atoms with Crippen LogP contribution in [0.25, 0.3) is 0 Å². The van der Waals surface area contributed by atoms with Crippen LogP contribution in [0.4, 0.5) is 0 Å². The van der Waals surface area contributed by atoms with Gasteiger partial charge in [0.2, 0.25) is 5.91 Å². The molecule has 0 saturated carbocycles. The molecule has 1 aliphatic rings. The fraction of sp³-hybridized carbons (Fsp3) is 0.882. The number of carboxylic acids is 3. The zero-order chi connectivity index (χ0) is 40.2. The minimum atomic E-state index is -1.02. The minimum absolute atomic E-state index is 0.0370. The highest BCUT2D eigenvalue weighted by molar-refractivity contribution is 5.78. The summed E-state index contributed by atoms with van der Waals surface area (Å²) in [7, 11) is 0. The molecule has 21 nitrogen and oxygen atoms in total. The van der Waals surface area contributed by atoms with Gasteiger partial charge in [-0.3, -0.25) is 38.8 Å². The van der Waals surface area contributed by atoms with Gasteiger partial charge in [-0.2, -0.15) is 0 Å². The molecule has 0 aromatic rings. The second-order valence-corrected chi connectivity index (χ2v) is 12.3. The van der Waals surface area contributed by atoms with E-state index in [-0.39, 0.29) is 45.2 Å². The lowest BCUT2D eigenvalue weighted by atomic mass is 10.3. The molecule has 0 spiro atoms. The molecule has 0 aliphatic carbocycles. The predicted molar refractivity (Wildman–Crippen MR) is 197 cm³/mol. The average Bonchev–Trinajstić information content (AvgIpc) is 3.13. The van der Waals surface area contributed by atoms with Crippen LogP contribution in [0.3, 0.4) is 0 Å². The minimum Gasteiger partial charge on any atom is -0.480 e. The molecule has 0 bridgehead atoms. The third-order valence-corrected chi connectivity index (χ3v) is 7.81. The first-order valence-electron chi connectivity index (χ1n) is 18.8. The Morgan fingerprint density at radius 1 is 0.400 bits per heavy atom. The Bertz CT molecular complexity index is 957.